The Morgan fingerprint density at radius 2 is 1.95 bits per heavy atom. The molecule has 1 aliphatic carbocycles. The lowest BCUT2D eigenvalue weighted by atomic mass is 10.1. The van der Waals surface area contributed by atoms with E-state index < -0.39 is 5.91 Å². The molecule has 0 spiro atoms. The molecule has 108 valence electrons. The van der Waals surface area contributed by atoms with Gasteiger partial charge in [0.05, 0.1) is 16.6 Å². The van der Waals surface area contributed by atoms with E-state index in [1.165, 1.54) is 0 Å². The molecular weight excluding hydrogens is 301 g/mol. The fraction of sp³-hybridized carbons (Fsp3) is 0.429. The molecule has 1 aromatic carbocycles. The summed E-state index contributed by atoms with van der Waals surface area (Å²) in [5.74, 6) is -0.784. The maximum absolute atomic E-state index is 11.7. The third-order valence-corrected chi connectivity index (χ3v) is 3.80. The van der Waals surface area contributed by atoms with Gasteiger partial charge in [0, 0.05) is 5.02 Å². The second kappa shape index (κ2) is 6.95. The van der Waals surface area contributed by atoms with Gasteiger partial charge >= 0.3 is 5.97 Å². The summed E-state index contributed by atoms with van der Waals surface area (Å²) in [5, 5.41) is 3.41. The van der Waals surface area contributed by atoms with E-state index in [-0.39, 0.29) is 18.5 Å². The number of amides is 1. The first kappa shape index (κ1) is 15.1. The van der Waals surface area contributed by atoms with Crippen LogP contribution in [0.2, 0.25) is 10.0 Å². The van der Waals surface area contributed by atoms with Crippen molar-refractivity contribution in [3.63, 3.8) is 0 Å². The summed E-state index contributed by atoms with van der Waals surface area (Å²) < 4.78 is 5.00. The molecule has 0 saturated heterocycles. The predicted molar refractivity (Wildman–Crippen MR) is 78.0 cm³/mol. The summed E-state index contributed by atoms with van der Waals surface area (Å²) in [6.45, 7) is -0.307. The predicted octanol–water partition coefficient (Wildman–Crippen LogP) is 3.67. The molecule has 6 heteroatoms. The van der Waals surface area contributed by atoms with E-state index in [0.29, 0.717) is 15.7 Å². The van der Waals surface area contributed by atoms with Crippen molar-refractivity contribution >= 4 is 40.8 Å². The highest BCUT2D eigenvalue weighted by Gasteiger charge is 2.24. The number of carbonyl (C=O) groups excluding carboxylic acids is 2. The number of ether oxygens (including phenoxy) is 1. The maximum atomic E-state index is 11.7. The number of anilines is 1. The van der Waals surface area contributed by atoms with Crippen LogP contribution in [0.25, 0.3) is 0 Å². The van der Waals surface area contributed by atoms with E-state index in [4.69, 9.17) is 27.9 Å². The van der Waals surface area contributed by atoms with Crippen LogP contribution in [-0.4, -0.2) is 18.5 Å². The quantitative estimate of drug-likeness (QED) is 0.862. The van der Waals surface area contributed by atoms with Crippen LogP contribution in [0.4, 0.5) is 5.69 Å². The zero-order valence-corrected chi connectivity index (χ0v) is 12.3. The van der Waals surface area contributed by atoms with Crippen LogP contribution in [0.1, 0.15) is 25.7 Å². The van der Waals surface area contributed by atoms with Crippen molar-refractivity contribution in [2.45, 2.75) is 25.7 Å². The van der Waals surface area contributed by atoms with E-state index in [1.807, 2.05) is 0 Å². The smallest absolute Gasteiger partial charge is 0.309 e. The normalized spacial score (nSPS) is 15.1. The number of esters is 1. The number of rotatable bonds is 4. The Kier molecular flexibility index (Phi) is 5.26. The third kappa shape index (κ3) is 4.12. The van der Waals surface area contributed by atoms with Crippen LogP contribution in [0.3, 0.4) is 0 Å². The van der Waals surface area contributed by atoms with Gasteiger partial charge < -0.3 is 10.1 Å². The molecule has 1 N–H and O–H groups in total. The highest BCUT2D eigenvalue weighted by Crippen LogP contribution is 2.26. The molecule has 0 unspecified atom stereocenters. The first-order valence-corrected chi connectivity index (χ1v) is 7.23. The third-order valence-electron chi connectivity index (χ3n) is 3.24. The van der Waals surface area contributed by atoms with Gasteiger partial charge in [0.25, 0.3) is 5.91 Å². The van der Waals surface area contributed by atoms with Gasteiger partial charge in [0.15, 0.2) is 6.61 Å². The zero-order valence-electron chi connectivity index (χ0n) is 10.8. The van der Waals surface area contributed by atoms with E-state index in [1.54, 1.807) is 18.2 Å². The summed E-state index contributed by atoms with van der Waals surface area (Å²) in [7, 11) is 0. The lowest BCUT2D eigenvalue weighted by Gasteiger charge is -2.10. The van der Waals surface area contributed by atoms with Gasteiger partial charge in [0.1, 0.15) is 0 Å². The molecule has 0 atom stereocenters. The van der Waals surface area contributed by atoms with Crippen molar-refractivity contribution in [3.05, 3.63) is 28.2 Å². The van der Waals surface area contributed by atoms with Crippen molar-refractivity contribution in [2.24, 2.45) is 5.92 Å². The Morgan fingerprint density at radius 3 is 2.65 bits per heavy atom. The Morgan fingerprint density at radius 1 is 1.25 bits per heavy atom. The van der Waals surface area contributed by atoms with Crippen LogP contribution in [-0.2, 0) is 14.3 Å². The molecule has 1 fully saturated rings. The average molecular weight is 316 g/mol. The molecule has 0 bridgehead atoms. The minimum absolute atomic E-state index is 0.0578. The molecule has 1 saturated carbocycles. The van der Waals surface area contributed by atoms with Crippen molar-refractivity contribution in [1.29, 1.82) is 0 Å². The van der Waals surface area contributed by atoms with Gasteiger partial charge in [-0.25, -0.2) is 0 Å². The molecule has 0 aromatic heterocycles. The lowest BCUT2D eigenvalue weighted by Crippen LogP contribution is -2.23. The topological polar surface area (TPSA) is 55.4 Å². The standard InChI is InChI=1S/C14H15Cl2NO3/c15-10-5-6-11(16)12(7-10)17-13(18)8-20-14(19)9-3-1-2-4-9/h5-7,9H,1-4,8H2,(H,17,18). The van der Waals surface area contributed by atoms with Crippen molar-refractivity contribution in [3.8, 4) is 0 Å². The van der Waals surface area contributed by atoms with Crippen LogP contribution in [0.5, 0.6) is 0 Å². The highest BCUT2D eigenvalue weighted by molar-refractivity contribution is 6.35. The maximum Gasteiger partial charge on any atom is 0.309 e. The monoisotopic (exact) mass is 315 g/mol. The number of nitrogens with one attached hydrogen (secondary N) is 1. The van der Waals surface area contributed by atoms with Crippen molar-refractivity contribution in [2.75, 3.05) is 11.9 Å². The largest absolute Gasteiger partial charge is 0.455 e. The fourth-order valence-electron chi connectivity index (χ4n) is 2.20. The van der Waals surface area contributed by atoms with Gasteiger partial charge in [-0.05, 0) is 31.0 Å². The first-order chi connectivity index (χ1) is 9.56. The number of carbonyl (C=O) groups is 2. The van der Waals surface area contributed by atoms with Crippen LogP contribution >= 0.6 is 23.2 Å². The van der Waals surface area contributed by atoms with E-state index in [0.717, 1.165) is 25.7 Å². The van der Waals surface area contributed by atoms with E-state index >= 15 is 0 Å². The minimum Gasteiger partial charge on any atom is -0.455 e. The van der Waals surface area contributed by atoms with Crippen LogP contribution in [0, 0.1) is 5.92 Å². The molecule has 0 radical (unpaired) electrons. The Bertz CT molecular complexity index is 513. The number of halogens is 2. The van der Waals surface area contributed by atoms with Crippen molar-refractivity contribution < 1.29 is 14.3 Å². The van der Waals surface area contributed by atoms with E-state index in [2.05, 4.69) is 5.32 Å². The van der Waals surface area contributed by atoms with Gasteiger partial charge in [-0.1, -0.05) is 36.0 Å². The van der Waals surface area contributed by atoms with E-state index in [9.17, 15) is 9.59 Å². The molecule has 2 rings (SSSR count). The molecule has 20 heavy (non-hydrogen) atoms. The van der Waals surface area contributed by atoms with Gasteiger partial charge in [0.2, 0.25) is 0 Å². The Balaban J connectivity index is 1.83. The minimum atomic E-state index is -0.430. The summed E-state index contributed by atoms with van der Waals surface area (Å²) in [5.41, 5.74) is 0.404. The number of hydrogen-bond donors (Lipinski definition) is 1. The summed E-state index contributed by atoms with van der Waals surface area (Å²) >= 11 is 11.7. The van der Waals surface area contributed by atoms with Gasteiger partial charge in [-0.15, -0.1) is 0 Å². The number of hydrogen-bond acceptors (Lipinski definition) is 3. The summed E-state index contributed by atoms with van der Waals surface area (Å²) in [6.07, 6.45) is 3.79. The fourth-order valence-corrected chi connectivity index (χ4v) is 2.53. The zero-order chi connectivity index (χ0) is 14.5. The molecule has 0 aliphatic heterocycles. The Hall–Kier alpha value is -1.26. The summed E-state index contributed by atoms with van der Waals surface area (Å²) in [6, 6.07) is 4.75. The molecule has 1 amide bonds. The Labute approximate surface area is 127 Å². The SMILES string of the molecule is O=C(COC(=O)C1CCCC1)Nc1cc(Cl)ccc1Cl. The second-order valence-electron chi connectivity index (χ2n) is 4.76. The average Bonchev–Trinajstić information content (AvgIpc) is 2.94. The number of benzene rings is 1. The first-order valence-electron chi connectivity index (χ1n) is 6.48. The molecule has 1 aliphatic rings. The van der Waals surface area contributed by atoms with Gasteiger partial charge in [-0.3, -0.25) is 9.59 Å². The second-order valence-corrected chi connectivity index (χ2v) is 5.61. The highest BCUT2D eigenvalue weighted by atomic mass is 35.5. The van der Waals surface area contributed by atoms with Crippen LogP contribution in [0.15, 0.2) is 18.2 Å². The molecular formula is C14H15Cl2NO3. The van der Waals surface area contributed by atoms with Gasteiger partial charge in [-0.2, -0.15) is 0 Å². The lowest BCUT2D eigenvalue weighted by molar-refractivity contribution is -0.151. The van der Waals surface area contributed by atoms with Crippen molar-refractivity contribution in [1.82, 2.24) is 0 Å². The molecule has 1 aromatic rings. The molecule has 0 heterocycles. The van der Waals surface area contributed by atoms with Crippen LogP contribution < -0.4 is 5.32 Å². The molecule has 4 nitrogen and oxygen atoms in total. The summed E-state index contributed by atoms with van der Waals surface area (Å²) in [4.78, 5) is 23.4.